The first-order valence-electron chi connectivity index (χ1n) is 7.16. The lowest BCUT2D eigenvalue weighted by atomic mass is 9.88. The maximum absolute atomic E-state index is 10.7. The van der Waals surface area contributed by atoms with E-state index in [1.165, 1.54) is 0 Å². The van der Waals surface area contributed by atoms with Gasteiger partial charge in [0.15, 0.2) is 0 Å². The third-order valence-corrected chi connectivity index (χ3v) is 3.45. The summed E-state index contributed by atoms with van der Waals surface area (Å²) in [6.45, 7) is 8.94. The Labute approximate surface area is 120 Å². The lowest BCUT2D eigenvalue weighted by molar-refractivity contribution is -0.137. The molecule has 0 spiro atoms. The molecule has 1 aromatic rings. The number of rotatable bonds is 8. The Bertz CT molecular complexity index is 426. The molecular formula is C15H25N3O2. The summed E-state index contributed by atoms with van der Waals surface area (Å²) in [6, 6.07) is 1.94. The van der Waals surface area contributed by atoms with Crippen LogP contribution in [0.25, 0.3) is 0 Å². The molecule has 0 saturated carbocycles. The van der Waals surface area contributed by atoms with Crippen molar-refractivity contribution in [3.8, 4) is 0 Å². The fourth-order valence-electron chi connectivity index (χ4n) is 2.29. The van der Waals surface area contributed by atoms with Crippen LogP contribution in [0.2, 0.25) is 0 Å². The second kappa shape index (κ2) is 7.82. The standard InChI is InChI=1S/C15H25N3O2/c1-10(2)13(5-6-14(19)20)7-8-16-15-17-11(3)9-12(4)18-15/h9-10,13H,5-8H2,1-4H3,(H,19,20)(H,16,17,18). The first-order chi connectivity index (χ1) is 9.38. The molecule has 112 valence electrons. The van der Waals surface area contributed by atoms with Gasteiger partial charge in [-0.05, 0) is 44.6 Å². The Kier molecular flexibility index (Phi) is 6.42. The van der Waals surface area contributed by atoms with E-state index in [2.05, 4.69) is 29.1 Å². The number of hydrogen-bond acceptors (Lipinski definition) is 4. The third kappa shape index (κ3) is 5.99. The fourth-order valence-corrected chi connectivity index (χ4v) is 2.29. The van der Waals surface area contributed by atoms with E-state index in [1.54, 1.807) is 0 Å². The van der Waals surface area contributed by atoms with Gasteiger partial charge in [-0.25, -0.2) is 9.97 Å². The van der Waals surface area contributed by atoms with E-state index in [-0.39, 0.29) is 6.42 Å². The summed E-state index contributed by atoms with van der Waals surface area (Å²) in [5.74, 6) is 0.824. The number of carbonyl (C=O) groups is 1. The summed E-state index contributed by atoms with van der Waals surface area (Å²) in [7, 11) is 0. The van der Waals surface area contributed by atoms with Crippen LogP contribution in [0.15, 0.2) is 6.07 Å². The zero-order valence-electron chi connectivity index (χ0n) is 12.8. The van der Waals surface area contributed by atoms with Gasteiger partial charge in [-0.3, -0.25) is 4.79 Å². The summed E-state index contributed by atoms with van der Waals surface area (Å²) in [5.41, 5.74) is 1.90. The highest BCUT2D eigenvalue weighted by atomic mass is 16.4. The van der Waals surface area contributed by atoms with Gasteiger partial charge in [-0.1, -0.05) is 13.8 Å². The second-order valence-electron chi connectivity index (χ2n) is 5.63. The Morgan fingerprint density at radius 2 is 1.85 bits per heavy atom. The summed E-state index contributed by atoms with van der Waals surface area (Å²) in [4.78, 5) is 19.3. The molecule has 0 aliphatic heterocycles. The normalized spacial score (nSPS) is 12.4. The quantitative estimate of drug-likeness (QED) is 0.765. The van der Waals surface area contributed by atoms with Crippen molar-refractivity contribution in [3.05, 3.63) is 17.5 Å². The second-order valence-corrected chi connectivity index (χ2v) is 5.63. The maximum atomic E-state index is 10.7. The molecule has 1 unspecified atom stereocenters. The van der Waals surface area contributed by atoms with E-state index in [4.69, 9.17) is 5.11 Å². The number of carboxylic acids is 1. The third-order valence-electron chi connectivity index (χ3n) is 3.45. The molecular weight excluding hydrogens is 254 g/mol. The number of carboxylic acid groups (broad SMARTS) is 1. The number of anilines is 1. The van der Waals surface area contributed by atoms with Crippen molar-refractivity contribution in [1.29, 1.82) is 0 Å². The van der Waals surface area contributed by atoms with Gasteiger partial charge < -0.3 is 10.4 Å². The van der Waals surface area contributed by atoms with Gasteiger partial charge in [0.25, 0.3) is 0 Å². The highest BCUT2D eigenvalue weighted by molar-refractivity contribution is 5.66. The van der Waals surface area contributed by atoms with E-state index in [1.807, 2.05) is 19.9 Å². The Balaban J connectivity index is 2.45. The highest BCUT2D eigenvalue weighted by Crippen LogP contribution is 2.21. The topological polar surface area (TPSA) is 75.1 Å². The van der Waals surface area contributed by atoms with Crippen molar-refractivity contribution in [2.24, 2.45) is 11.8 Å². The summed E-state index contributed by atoms with van der Waals surface area (Å²) in [6.07, 6.45) is 1.90. The number of nitrogens with zero attached hydrogens (tertiary/aromatic N) is 2. The Morgan fingerprint density at radius 3 is 2.35 bits per heavy atom. The van der Waals surface area contributed by atoms with Crippen LogP contribution in [0.3, 0.4) is 0 Å². The summed E-state index contributed by atoms with van der Waals surface area (Å²) >= 11 is 0. The van der Waals surface area contributed by atoms with Gasteiger partial charge in [-0.15, -0.1) is 0 Å². The molecule has 5 heteroatoms. The lowest BCUT2D eigenvalue weighted by Gasteiger charge is -2.20. The van der Waals surface area contributed by atoms with E-state index in [0.29, 0.717) is 17.8 Å². The van der Waals surface area contributed by atoms with Crippen LogP contribution < -0.4 is 5.32 Å². The van der Waals surface area contributed by atoms with Crippen LogP contribution >= 0.6 is 0 Å². The summed E-state index contributed by atoms with van der Waals surface area (Å²) in [5, 5.41) is 12.0. The number of nitrogens with one attached hydrogen (secondary N) is 1. The minimum atomic E-state index is -0.721. The molecule has 20 heavy (non-hydrogen) atoms. The monoisotopic (exact) mass is 279 g/mol. The van der Waals surface area contributed by atoms with Gasteiger partial charge in [0.05, 0.1) is 0 Å². The molecule has 1 aromatic heterocycles. The predicted molar refractivity (Wildman–Crippen MR) is 79.8 cm³/mol. The molecule has 1 rings (SSSR count). The van der Waals surface area contributed by atoms with E-state index in [0.717, 1.165) is 30.8 Å². The van der Waals surface area contributed by atoms with Crippen molar-refractivity contribution >= 4 is 11.9 Å². The highest BCUT2D eigenvalue weighted by Gasteiger charge is 2.14. The Hall–Kier alpha value is -1.65. The Morgan fingerprint density at radius 1 is 1.25 bits per heavy atom. The van der Waals surface area contributed by atoms with E-state index in [9.17, 15) is 4.79 Å². The molecule has 0 amide bonds. The summed E-state index contributed by atoms with van der Waals surface area (Å²) < 4.78 is 0. The first-order valence-corrected chi connectivity index (χ1v) is 7.16. The molecule has 0 aliphatic rings. The largest absolute Gasteiger partial charge is 0.481 e. The van der Waals surface area contributed by atoms with Crippen LogP contribution in [0, 0.1) is 25.7 Å². The van der Waals surface area contributed by atoms with Crippen LogP contribution in [-0.2, 0) is 4.79 Å². The van der Waals surface area contributed by atoms with Crippen molar-refractivity contribution in [3.63, 3.8) is 0 Å². The van der Waals surface area contributed by atoms with Gasteiger partial charge in [-0.2, -0.15) is 0 Å². The van der Waals surface area contributed by atoms with E-state index >= 15 is 0 Å². The number of aromatic nitrogens is 2. The van der Waals surface area contributed by atoms with Crippen LogP contribution in [0.5, 0.6) is 0 Å². The molecule has 5 nitrogen and oxygen atoms in total. The first kappa shape index (κ1) is 16.4. The maximum Gasteiger partial charge on any atom is 0.303 e. The van der Waals surface area contributed by atoms with Crippen LogP contribution in [-0.4, -0.2) is 27.6 Å². The zero-order valence-corrected chi connectivity index (χ0v) is 12.8. The minimum Gasteiger partial charge on any atom is -0.481 e. The molecule has 0 bridgehead atoms. The number of aryl methyl sites for hydroxylation is 2. The molecule has 0 fully saturated rings. The minimum absolute atomic E-state index is 0.239. The van der Waals surface area contributed by atoms with Crippen molar-refractivity contribution in [2.75, 3.05) is 11.9 Å². The number of aliphatic carboxylic acids is 1. The molecule has 0 aromatic carbocycles. The molecule has 2 N–H and O–H groups in total. The lowest BCUT2D eigenvalue weighted by Crippen LogP contribution is -2.16. The number of hydrogen-bond donors (Lipinski definition) is 2. The molecule has 1 heterocycles. The van der Waals surface area contributed by atoms with Gasteiger partial charge in [0, 0.05) is 24.4 Å². The fraction of sp³-hybridized carbons (Fsp3) is 0.667. The average molecular weight is 279 g/mol. The van der Waals surface area contributed by atoms with Crippen molar-refractivity contribution in [1.82, 2.24) is 9.97 Å². The van der Waals surface area contributed by atoms with Crippen molar-refractivity contribution in [2.45, 2.75) is 47.0 Å². The molecule has 1 atom stereocenters. The molecule has 0 saturated heterocycles. The average Bonchev–Trinajstić information content (AvgIpc) is 2.31. The zero-order chi connectivity index (χ0) is 15.1. The van der Waals surface area contributed by atoms with Crippen LogP contribution in [0.4, 0.5) is 5.95 Å². The van der Waals surface area contributed by atoms with Gasteiger partial charge >= 0.3 is 5.97 Å². The smallest absolute Gasteiger partial charge is 0.303 e. The SMILES string of the molecule is Cc1cc(C)nc(NCCC(CCC(=O)O)C(C)C)n1. The molecule has 0 aliphatic carbocycles. The molecule has 0 radical (unpaired) electrons. The van der Waals surface area contributed by atoms with E-state index < -0.39 is 5.97 Å². The van der Waals surface area contributed by atoms with Gasteiger partial charge in [0.2, 0.25) is 5.95 Å². The van der Waals surface area contributed by atoms with Gasteiger partial charge in [0.1, 0.15) is 0 Å². The van der Waals surface area contributed by atoms with Crippen LogP contribution in [0.1, 0.15) is 44.5 Å². The predicted octanol–water partition coefficient (Wildman–Crippen LogP) is 3.03. The van der Waals surface area contributed by atoms with Crippen molar-refractivity contribution < 1.29 is 9.90 Å².